The molecule has 21 heavy (non-hydrogen) atoms. The van der Waals surface area contributed by atoms with Gasteiger partial charge in [0.25, 0.3) is 5.91 Å². The van der Waals surface area contributed by atoms with Gasteiger partial charge in [0.1, 0.15) is 0 Å². The number of piperazine rings is 1. The Morgan fingerprint density at radius 2 is 1.81 bits per heavy atom. The number of aromatic nitrogens is 1. The molecular formula is C15H18FN3O2. The van der Waals surface area contributed by atoms with Crippen molar-refractivity contribution >= 4 is 11.8 Å². The first-order valence-electron chi connectivity index (χ1n) is 7.26. The summed E-state index contributed by atoms with van der Waals surface area (Å²) in [5, 5.41) is 0. The molecule has 1 saturated carbocycles. The minimum Gasteiger partial charge on any atom is -0.339 e. The first kappa shape index (κ1) is 14.0. The number of carbonyl (C=O) groups is 2. The Balaban J connectivity index is 1.63. The van der Waals surface area contributed by atoms with Gasteiger partial charge < -0.3 is 9.80 Å². The number of hydrogen-bond acceptors (Lipinski definition) is 3. The highest BCUT2D eigenvalue weighted by Gasteiger charge is 2.35. The number of pyridine rings is 1. The van der Waals surface area contributed by atoms with Crippen LogP contribution in [-0.2, 0) is 4.79 Å². The van der Waals surface area contributed by atoms with Gasteiger partial charge in [-0.2, -0.15) is 0 Å². The summed E-state index contributed by atoms with van der Waals surface area (Å²) in [6.07, 6.45) is 3.45. The second-order valence-electron chi connectivity index (χ2n) is 5.73. The van der Waals surface area contributed by atoms with Crippen LogP contribution in [0.2, 0.25) is 0 Å². The molecule has 1 aliphatic carbocycles. The van der Waals surface area contributed by atoms with E-state index in [0.717, 1.165) is 12.8 Å². The van der Waals surface area contributed by atoms with Gasteiger partial charge in [-0.05, 0) is 31.4 Å². The number of hydrogen-bond donors (Lipinski definition) is 0. The summed E-state index contributed by atoms with van der Waals surface area (Å²) in [5.74, 6) is -0.590. The summed E-state index contributed by atoms with van der Waals surface area (Å²) in [4.78, 5) is 31.5. The average Bonchev–Trinajstić information content (AvgIpc) is 3.31. The lowest BCUT2D eigenvalue weighted by atomic mass is 10.2. The van der Waals surface area contributed by atoms with Crippen molar-refractivity contribution in [3.8, 4) is 0 Å². The van der Waals surface area contributed by atoms with Crippen LogP contribution in [0.4, 0.5) is 4.39 Å². The summed E-state index contributed by atoms with van der Waals surface area (Å²) in [7, 11) is 0. The average molecular weight is 291 g/mol. The van der Waals surface area contributed by atoms with Gasteiger partial charge in [-0.1, -0.05) is 0 Å². The zero-order valence-electron chi connectivity index (χ0n) is 12.0. The molecular weight excluding hydrogens is 273 g/mol. The number of carbonyl (C=O) groups excluding carboxylic acids is 2. The fourth-order valence-electron chi connectivity index (χ4n) is 2.56. The van der Waals surface area contributed by atoms with Crippen molar-refractivity contribution in [2.24, 2.45) is 5.92 Å². The molecule has 0 N–H and O–H groups in total. The molecule has 2 aliphatic rings. The van der Waals surface area contributed by atoms with E-state index in [0.29, 0.717) is 31.7 Å². The number of halogens is 1. The van der Waals surface area contributed by atoms with Crippen molar-refractivity contribution in [2.75, 3.05) is 26.2 Å². The van der Waals surface area contributed by atoms with Crippen molar-refractivity contribution in [2.45, 2.75) is 19.8 Å². The first-order chi connectivity index (χ1) is 10.1. The topological polar surface area (TPSA) is 53.5 Å². The molecule has 0 bridgehead atoms. The van der Waals surface area contributed by atoms with Crippen molar-refractivity contribution in [1.29, 1.82) is 0 Å². The van der Waals surface area contributed by atoms with E-state index in [2.05, 4.69) is 4.98 Å². The zero-order valence-corrected chi connectivity index (χ0v) is 12.0. The van der Waals surface area contributed by atoms with E-state index >= 15 is 0 Å². The summed E-state index contributed by atoms with van der Waals surface area (Å²) >= 11 is 0. The minimum atomic E-state index is -0.587. The molecule has 2 amide bonds. The van der Waals surface area contributed by atoms with Crippen LogP contribution in [0.15, 0.2) is 12.3 Å². The Kier molecular flexibility index (Phi) is 3.61. The number of nitrogens with zero attached hydrogens (tertiary/aromatic N) is 3. The Hall–Kier alpha value is -1.98. The van der Waals surface area contributed by atoms with Gasteiger partial charge in [-0.15, -0.1) is 0 Å². The molecule has 0 atom stereocenters. The highest BCUT2D eigenvalue weighted by Crippen LogP contribution is 2.31. The van der Waals surface area contributed by atoms with Crippen LogP contribution < -0.4 is 0 Å². The van der Waals surface area contributed by atoms with Crippen molar-refractivity contribution in [1.82, 2.24) is 14.8 Å². The second kappa shape index (κ2) is 5.42. The molecule has 0 unspecified atom stereocenters. The molecule has 6 heteroatoms. The monoisotopic (exact) mass is 291 g/mol. The normalized spacial score (nSPS) is 18.8. The molecule has 0 aromatic carbocycles. The van der Waals surface area contributed by atoms with E-state index < -0.39 is 11.7 Å². The molecule has 0 radical (unpaired) electrons. The van der Waals surface area contributed by atoms with Gasteiger partial charge in [0.05, 0.1) is 0 Å². The largest absolute Gasteiger partial charge is 0.339 e. The Morgan fingerprint density at radius 1 is 1.19 bits per heavy atom. The molecule has 1 aromatic heterocycles. The third kappa shape index (κ3) is 2.89. The lowest BCUT2D eigenvalue weighted by molar-refractivity contribution is -0.134. The summed E-state index contributed by atoms with van der Waals surface area (Å²) < 4.78 is 13.8. The predicted octanol–water partition coefficient (Wildman–Crippen LogP) is 1.22. The molecule has 1 aromatic rings. The molecule has 1 saturated heterocycles. The molecule has 0 spiro atoms. The van der Waals surface area contributed by atoms with E-state index in [4.69, 9.17) is 0 Å². The van der Waals surface area contributed by atoms with Crippen LogP contribution in [0.3, 0.4) is 0 Å². The van der Waals surface area contributed by atoms with E-state index in [1.807, 2.05) is 0 Å². The molecule has 2 heterocycles. The van der Waals surface area contributed by atoms with Gasteiger partial charge >= 0.3 is 0 Å². The van der Waals surface area contributed by atoms with Crippen molar-refractivity contribution in [3.05, 3.63) is 29.3 Å². The van der Waals surface area contributed by atoms with E-state index in [1.54, 1.807) is 16.7 Å². The minimum absolute atomic E-state index is 0.137. The summed E-state index contributed by atoms with van der Waals surface area (Å²) in [6, 6.07) is 1.31. The summed E-state index contributed by atoms with van der Waals surface area (Å²) in [5.41, 5.74) is 0.548. The van der Waals surface area contributed by atoms with Crippen LogP contribution in [0.25, 0.3) is 0 Å². The Morgan fingerprint density at radius 3 is 2.38 bits per heavy atom. The van der Waals surface area contributed by atoms with Gasteiger partial charge in [0.15, 0.2) is 11.5 Å². The van der Waals surface area contributed by atoms with Gasteiger partial charge in [0.2, 0.25) is 5.91 Å². The lowest BCUT2D eigenvalue weighted by Crippen LogP contribution is -2.51. The number of amides is 2. The summed E-state index contributed by atoms with van der Waals surface area (Å²) in [6.45, 7) is 3.65. The SMILES string of the molecule is Cc1cnc(C(=O)N2CCN(C(=O)C3CC3)CC2)c(F)c1. The van der Waals surface area contributed by atoms with Crippen LogP contribution in [0.1, 0.15) is 28.9 Å². The van der Waals surface area contributed by atoms with E-state index in [1.165, 1.54) is 12.3 Å². The molecule has 1 aliphatic heterocycles. The Bertz CT molecular complexity index is 578. The van der Waals surface area contributed by atoms with Gasteiger partial charge in [-0.25, -0.2) is 9.37 Å². The first-order valence-corrected chi connectivity index (χ1v) is 7.26. The van der Waals surface area contributed by atoms with Crippen LogP contribution in [0, 0.1) is 18.7 Å². The fraction of sp³-hybridized carbons (Fsp3) is 0.533. The number of rotatable bonds is 2. The third-order valence-electron chi connectivity index (χ3n) is 3.99. The molecule has 2 fully saturated rings. The maximum Gasteiger partial charge on any atom is 0.275 e. The van der Waals surface area contributed by atoms with Crippen molar-refractivity contribution < 1.29 is 14.0 Å². The maximum atomic E-state index is 13.8. The smallest absolute Gasteiger partial charge is 0.275 e. The predicted molar refractivity (Wildman–Crippen MR) is 74.1 cm³/mol. The molecule has 3 rings (SSSR count). The van der Waals surface area contributed by atoms with Gasteiger partial charge in [-0.3, -0.25) is 9.59 Å². The van der Waals surface area contributed by atoms with E-state index in [9.17, 15) is 14.0 Å². The van der Waals surface area contributed by atoms with Gasteiger partial charge in [0, 0.05) is 38.3 Å². The zero-order chi connectivity index (χ0) is 15.0. The molecule has 112 valence electrons. The Labute approximate surface area is 122 Å². The highest BCUT2D eigenvalue weighted by molar-refractivity contribution is 5.92. The van der Waals surface area contributed by atoms with Crippen LogP contribution in [-0.4, -0.2) is 52.8 Å². The van der Waals surface area contributed by atoms with E-state index in [-0.39, 0.29) is 17.5 Å². The fourth-order valence-corrected chi connectivity index (χ4v) is 2.56. The number of aryl methyl sites for hydroxylation is 1. The van der Waals surface area contributed by atoms with Crippen LogP contribution in [0.5, 0.6) is 0 Å². The lowest BCUT2D eigenvalue weighted by Gasteiger charge is -2.34. The standard InChI is InChI=1S/C15H18FN3O2/c1-10-8-12(16)13(17-9-10)15(21)19-6-4-18(5-7-19)14(20)11-2-3-11/h8-9,11H,2-7H2,1H3. The highest BCUT2D eigenvalue weighted by atomic mass is 19.1. The molecule has 5 nitrogen and oxygen atoms in total. The quantitative estimate of drug-likeness (QED) is 0.823. The third-order valence-corrected chi connectivity index (χ3v) is 3.99. The maximum absolute atomic E-state index is 13.8. The van der Waals surface area contributed by atoms with Crippen LogP contribution >= 0.6 is 0 Å². The van der Waals surface area contributed by atoms with Crippen molar-refractivity contribution in [3.63, 3.8) is 0 Å². The second-order valence-corrected chi connectivity index (χ2v) is 5.73.